The molecule has 0 aromatic heterocycles. The van der Waals surface area contributed by atoms with Crippen LogP contribution in [0.3, 0.4) is 0 Å². The fourth-order valence-corrected chi connectivity index (χ4v) is 3.81. The van der Waals surface area contributed by atoms with Crippen molar-refractivity contribution >= 4 is 5.97 Å². The van der Waals surface area contributed by atoms with Gasteiger partial charge < -0.3 is 29.0 Å². The zero-order valence-corrected chi connectivity index (χ0v) is 15.5. The lowest BCUT2D eigenvalue weighted by Crippen LogP contribution is -2.61. The summed E-state index contributed by atoms with van der Waals surface area (Å²) in [6.07, 6.45) is -0.244. The minimum atomic E-state index is -1.21. The average Bonchev–Trinajstić information content (AvgIpc) is 2.65. The molecule has 7 heteroatoms. The molecular weight excluding hydrogens is 338 g/mol. The van der Waals surface area contributed by atoms with Crippen LogP contribution in [0.25, 0.3) is 0 Å². The molecule has 1 aromatic carbocycles. The van der Waals surface area contributed by atoms with Crippen LogP contribution in [0, 0.1) is 5.92 Å². The van der Waals surface area contributed by atoms with Gasteiger partial charge in [-0.3, -0.25) is 0 Å². The second-order valence-corrected chi connectivity index (χ2v) is 6.63. The number of rotatable bonds is 5. The van der Waals surface area contributed by atoms with Crippen LogP contribution in [0.1, 0.15) is 18.9 Å². The molecule has 7 nitrogen and oxygen atoms in total. The van der Waals surface area contributed by atoms with E-state index in [1.807, 2.05) is 36.1 Å². The molecule has 3 rings (SSSR count). The van der Waals surface area contributed by atoms with Crippen molar-refractivity contribution in [1.29, 1.82) is 0 Å². The second-order valence-electron chi connectivity index (χ2n) is 6.63. The SMILES string of the molecule is COC(=O)C1=C(C)N(Cc2ccc(OC)cc2)[C@@]2(O)CO[C@H](OC)[C@@H]1C2. The zero-order valence-electron chi connectivity index (χ0n) is 15.5. The number of hydrogen-bond acceptors (Lipinski definition) is 7. The molecule has 0 amide bonds. The molecule has 0 unspecified atom stereocenters. The predicted octanol–water partition coefficient (Wildman–Crippen LogP) is 1.66. The number of ether oxygens (including phenoxy) is 4. The van der Waals surface area contributed by atoms with E-state index in [1.165, 1.54) is 14.2 Å². The van der Waals surface area contributed by atoms with Crippen LogP contribution >= 0.6 is 0 Å². The summed E-state index contributed by atoms with van der Waals surface area (Å²) in [7, 11) is 4.50. The van der Waals surface area contributed by atoms with Gasteiger partial charge in [-0.15, -0.1) is 0 Å². The topological polar surface area (TPSA) is 77.5 Å². The number of fused-ring (bicyclic) bond motifs is 2. The minimum absolute atomic E-state index is 0.101. The van der Waals surface area contributed by atoms with Crippen molar-refractivity contribution in [2.75, 3.05) is 27.9 Å². The van der Waals surface area contributed by atoms with E-state index >= 15 is 0 Å². The highest BCUT2D eigenvalue weighted by Crippen LogP contribution is 2.44. The maximum absolute atomic E-state index is 12.4. The molecule has 1 saturated heterocycles. The van der Waals surface area contributed by atoms with Gasteiger partial charge in [0.2, 0.25) is 0 Å². The first-order valence-electron chi connectivity index (χ1n) is 8.50. The van der Waals surface area contributed by atoms with Crippen LogP contribution in [0.2, 0.25) is 0 Å². The van der Waals surface area contributed by atoms with Crippen LogP contribution in [-0.4, -0.2) is 55.9 Å². The number of methoxy groups -OCH3 is 3. The number of hydrogen-bond donors (Lipinski definition) is 1. The van der Waals surface area contributed by atoms with E-state index in [1.54, 1.807) is 7.11 Å². The van der Waals surface area contributed by atoms with Crippen LogP contribution in [0.4, 0.5) is 0 Å². The minimum Gasteiger partial charge on any atom is -0.497 e. The fourth-order valence-electron chi connectivity index (χ4n) is 3.81. The van der Waals surface area contributed by atoms with E-state index in [2.05, 4.69) is 0 Å². The van der Waals surface area contributed by atoms with Crippen molar-refractivity contribution in [1.82, 2.24) is 4.90 Å². The Morgan fingerprint density at radius 2 is 2.00 bits per heavy atom. The van der Waals surface area contributed by atoms with Gasteiger partial charge in [-0.2, -0.15) is 0 Å². The molecule has 2 bridgehead atoms. The summed E-state index contributed by atoms with van der Waals surface area (Å²) >= 11 is 0. The number of esters is 1. The lowest BCUT2D eigenvalue weighted by molar-refractivity contribution is -0.269. The van der Waals surface area contributed by atoms with Crippen molar-refractivity contribution in [3.63, 3.8) is 0 Å². The predicted molar refractivity (Wildman–Crippen MR) is 93.1 cm³/mol. The van der Waals surface area contributed by atoms with Gasteiger partial charge in [0, 0.05) is 31.7 Å². The molecule has 1 aromatic rings. The molecule has 3 atom stereocenters. The van der Waals surface area contributed by atoms with E-state index in [4.69, 9.17) is 18.9 Å². The summed E-state index contributed by atoms with van der Waals surface area (Å²) in [6.45, 7) is 2.36. The summed E-state index contributed by atoms with van der Waals surface area (Å²) in [6, 6.07) is 7.59. The molecule has 142 valence electrons. The number of aliphatic hydroxyl groups is 1. The van der Waals surface area contributed by atoms with Gasteiger partial charge in [-0.25, -0.2) is 4.79 Å². The fraction of sp³-hybridized carbons (Fsp3) is 0.526. The standard InChI is InChI=1S/C19H25NO6/c1-12-16(17(21)24-3)15-9-19(22,11-26-18(15)25-4)20(12)10-13-5-7-14(23-2)8-6-13/h5-8,15,18,22H,9-11H2,1-4H3/t15-,18+,19+/m1/s1. The van der Waals surface area contributed by atoms with Crippen LogP contribution in [0.15, 0.2) is 35.5 Å². The van der Waals surface area contributed by atoms with E-state index in [0.717, 1.165) is 11.3 Å². The molecule has 0 saturated carbocycles. The van der Waals surface area contributed by atoms with Gasteiger partial charge in [0.15, 0.2) is 12.0 Å². The lowest BCUT2D eigenvalue weighted by Gasteiger charge is -2.52. The summed E-state index contributed by atoms with van der Waals surface area (Å²) in [5.74, 6) is -0.0437. The van der Waals surface area contributed by atoms with Crippen molar-refractivity contribution in [2.24, 2.45) is 5.92 Å². The van der Waals surface area contributed by atoms with Crippen molar-refractivity contribution in [2.45, 2.75) is 31.9 Å². The van der Waals surface area contributed by atoms with E-state index in [0.29, 0.717) is 24.2 Å². The summed E-state index contributed by atoms with van der Waals surface area (Å²) < 4.78 is 21.2. The molecule has 2 heterocycles. The van der Waals surface area contributed by atoms with Crippen LogP contribution in [0.5, 0.6) is 5.75 Å². The van der Waals surface area contributed by atoms with E-state index in [-0.39, 0.29) is 12.5 Å². The van der Waals surface area contributed by atoms with Crippen molar-refractivity contribution in [3.05, 3.63) is 41.1 Å². The Bertz CT molecular complexity index is 700. The van der Waals surface area contributed by atoms with Crippen molar-refractivity contribution < 1.29 is 28.8 Å². The Morgan fingerprint density at radius 3 is 2.58 bits per heavy atom. The highest BCUT2D eigenvalue weighted by Gasteiger charge is 2.52. The zero-order chi connectivity index (χ0) is 18.9. The quantitative estimate of drug-likeness (QED) is 0.797. The third-order valence-electron chi connectivity index (χ3n) is 5.16. The normalized spacial score (nSPS) is 28.1. The smallest absolute Gasteiger partial charge is 0.335 e. The molecule has 26 heavy (non-hydrogen) atoms. The molecule has 0 radical (unpaired) electrons. The number of carbonyl (C=O) groups excluding carboxylic acids is 1. The number of benzene rings is 1. The van der Waals surface area contributed by atoms with Gasteiger partial charge in [0.05, 0.1) is 26.4 Å². The third-order valence-corrected chi connectivity index (χ3v) is 5.16. The highest BCUT2D eigenvalue weighted by molar-refractivity contribution is 5.90. The lowest BCUT2D eigenvalue weighted by atomic mass is 9.81. The van der Waals surface area contributed by atoms with Gasteiger partial charge in [-0.05, 0) is 24.6 Å². The highest BCUT2D eigenvalue weighted by atomic mass is 16.7. The molecule has 0 spiro atoms. The Morgan fingerprint density at radius 1 is 1.31 bits per heavy atom. The van der Waals surface area contributed by atoms with Gasteiger partial charge >= 0.3 is 5.97 Å². The second kappa shape index (κ2) is 7.26. The number of nitrogens with zero attached hydrogens (tertiary/aromatic N) is 1. The molecule has 0 aliphatic carbocycles. The average molecular weight is 363 g/mol. The molecule has 2 aliphatic rings. The molecule has 1 N–H and O–H groups in total. The monoisotopic (exact) mass is 363 g/mol. The summed E-state index contributed by atoms with van der Waals surface area (Å²) in [4.78, 5) is 14.2. The first kappa shape index (κ1) is 18.7. The largest absolute Gasteiger partial charge is 0.497 e. The van der Waals surface area contributed by atoms with Crippen molar-refractivity contribution in [3.8, 4) is 5.75 Å². The first-order valence-corrected chi connectivity index (χ1v) is 8.50. The maximum Gasteiger partial charge on any atom is 0.335 e. The Balaban J connectivity index is 1.99. The summed E-state index contributed by atoms with van der Waals surface area (Å²) in [5.41, 5.74) is 0.936. The first-order chi connectivity index (χ1) is 12.4. The molecule has 2 aliphatic heterocycles. The molecule has 1 fully saturated rings. The Kier molecular flexibility index (Phi) is 5.22. The third kappa shape index (κ3) is 3.18. The van der Waals surface area contributed by atoms with E-state index < -0.39 is 18.0 Å². The number of allylic oxidation sites excluding steroid dienone is 1. The Labute approximate surface area is 153 Å². The Hall–Kier alpha value is -2.09. The van der Waals surface area contributed by atoms with Gasteiger partial charge in [0.1, 0.15) is 5.75 Å². The van der Waals surface area contributed by atoms with Crippen LogP contribution < -0.4 is 4.74 Å². The molecular formula is C19H25NO6. The van der Waals surface area contributed by atoms with Gasteiger partial charge in [-0.1, -0.05) is 12.1 Å². The van der Waals surface area contributed by atoms with E-state index in [9.17, 15) is 9.90 Å². The summed E-state index contributed by atoms with van der Waals surface area (Å²) in [5, 5.41) is 11.2. The van der Waals surface area contributed by atoms with Gasteiger partial charge in [0.25, 0.3) is 0 Å². The maximum atomic E-state index is 12.4. The van der Waals surface area contributed by atoms with Crippen LogP contribution in [-0.2, 0) is 25.5 Å². The number of carbonyl (C=O) groups is 1.